The summed E-state index contributed by atoms with van der Waals surface area (Å²) in [5.74, 6) is -0.747. The molecule has 1 aromatic heterocycles. The summed E-state index contributed by atoms with van der Waals surface area (Å²) in [6.07, 6.45) is 1.51. The molecule has 1 aromatic rings. The molecule has 0 aliphatic heterocycles. The predicted molar refractivity (Wildman–Crippen MR) is 53.9 cm³/mol. The van der Waals surface area contributed by atoms with Gasteiger partial charge in [0.1, 0.15) is 5.82 Å². The van der Waals surface area contributed by atoms with Crippen LogP contribution in [0.2, 0.25) is 0 Å². The van der Waals surface area contributed by atoms with E-state index in [1.54, 1.807) is 12.1 Å². The summed E-state index contributed by atoms with van der Waals surface area (Å²) in [6, 6.07) is 3.24. The number of carbonyl (C=O) groups excluding carboxylic acids is 2. The zero-order chi connectivity index (χ0) is 11.3. The number of nitrogens with zero attached hydrogens (tertiary/aromatic N) is 1. The van der Waals surface area contributed by atoms with Gasteiger partial charge in [-0.25, -0.2) is 4.98 Å². The predicted octanol–water partition coefficient (Wildman–Crippen LogP) is 0.165. The topological polar surface area (TPSA) is 94.3 Å². The van der Waals surface area contributed by atoms with Crippen LogP contribution in [0.25, 0.3) is 0 Å². The van der Waals surface area contributed by atoms with Gasteiger partial charge in [-0.15, -0.1) is 0 Å². The first-order valence-electron chi connectivity index (χ1n) is 4.23. The van der Waals surface area contributed by atoms with Crippen molar-refractivity contribution in [2.75, 3.05) is 17.7 Å². The van der Waals surface area contributed by atoms with Crippen molar-refractivity contribution in [1.29, 1.82) is 0 Å². The molecule has 0 atom stereocenters. The molecule has 0 saturated carbocycles. The van der Waals surface area contributed by atoms with Crippen LogP contribution in [0.5, 0.6) is 0 Å². The lowest BCUT2D eigenvalue weighted by Gasteiger charge is -2.06. The molecule has 6 heteroatoms. The third kappa shape index (κ3) is 3.63. The van der Waals surface area contributed by atoms with E-state index in [0.717, 1.165) is 0 Å². The van der Waals surface area contributed by atoms with Gasteiger partial charge in [0.15, 0.2) is 6.61 Å². The average Bonchev–Trinajstić information content (AvgIpc) is 2.18. The molecule has 15 heavy (non-hydrogen) atoms. The normalized spacial score (nSPS) is 9.40. The van der Waals surface area contributed by atoms with Crippen molar-refractivity contribution < 1.29 is 14.3 Å². The van der Waals surface area contributed by atoms with Crippen molar-refractivity contribution in [3.63, 3.8) is 0 Å². The molecular weight excluding hydrogens is 198 g/mol. The number of carbonyl (C=O) groups is 2. The third-order valence-corrected chi connectivity index (χ3v) is 1.52. The number of nitrogens with one attached hydrogen (secondary N) is 1. The first-order valence-corrected chi connectivity index (χ1v) is 4.23. The van der Waals surface area contributed by atoms with Crippen LogP contribution in [0.1, 0.15) is 6.92 Å². The van der Waals surface area contributed by atoms with E-state index in [9.17, 15) is 9.59 Å². The number of ether oxygens (including phenoxy) is 1. The monoisotopic (exact) mass is 209 g/mol. The fourth-order valence-electron chi connectivity index (χ4n) is 0.877. The summed E-state index contributed by atoms with van der Waals surface area (Å²) >= 11 is 0. The van der Waals surface area contributed by atoms with Gasteiger partial charge in [-0.3, -0.25) is 9.59 Å². The van der Waals surface area contributed by atoms with Crippen molar-refractivity contribution in [3.05, 3.63) is 18.3 Å². The summed E-state index contributed by atoms with van der Waals surface area (Å²) in [5.41, 5.74) is 5.89. The van der Waals surface area contributed by atoms with Gasteiger partial charge >= 0.3 is 5.97 Å². The molecule has 0 unspecified atom stereocenters. The summed E-state index contributed by atoms with van der Waals surface area (Å²) in [7, 11) is 0. The van der Waals surface area contributed by atoms with Crippen LogP contribution >= 0.6 is 0 Å². The van der Waals surface area contributed by atoms with Gasteiger partial charge < -0.3 is 15.8 Å². The molecule has 1 rings (SSSR count). The average molecular weight is 209 g/mol. The highest BCUT2D eigenvalue weighted by Gasteiger charge is 2.06. The van der Waals surface area contributed by atoms with Crippen LogP contribution in [0.15, 0.2) is 18.3 Å². The van der Waals surface area contributed by atoms with Crippen molar-refractivity contribution in [3.8, 4) is 0 Å². The minimum Gasteiger partial charge on any atom is -0.456 e. The van der Waals surface area contributed by atoms with Gasteiger partial charge in [0, 0.05) is 13.1 Å². The fraction of sp³-hybridized carbons (Fsp3) is 0.222. The Morgan fingerprint density at radius 2 is 2.33 bits per heavy atom. The number of rotatable bonds is 3. The van der Waals surface area contributed by atoms with Crippen LogP contribution in [0.3, 0.4) is 0 Å². The maximum Gasteiger partial charge on any atom is 0.303 e. The maximum absolute atomic E-state index is 11.2. The van der Waals surface area contributed by atoms with Gasteiger partial charge in [0.05, 0.1) is 5.69 Å². The van der Waals surface area contributed by atoms with Crippen molar-refractivity contribution >= 4 is 23.4 Å². The highest BCUT2D eigenvalue weighted by molar-refractivity contribution is 5.94. The maximum atomic E-state index is 11.2. The van der Waals surface area contributed by atoms with Crippen LogP contribution in [0.4, 0.5) is 11.5 Å². The Hall–Kier alpha value is -2.11. The van der Waals surface area contributed by atoms with Crippen LogP contribution < -0.4 is 11.1 Å². The smallest absolute Gasteiger partial charge is 0.303 e. The van der Waals surface area contributed by atoms with Gasteiger partial charge in [-0.2, -0.15) is 0 Å². The van der Waals surface area contributed by atoms with E-state index in [1.165, 1.54) is 13.1 Å². The van der Waals surface area contributed by atoms with Gasteiger partial charge in [0.25, 0.3) is 5.91 Å². The van der Waals surface area contributed by atoms with E-state index in [1.807, 2.05) is 0 Å². The number of amides is 1. The van der Waals surface area contributed by atoms with Crippen molar-refractivity contribution in [2.45, 2.75) is 6.92 Å². The number of aromatic nitrogens is 1. The number of hydrogen-bond acceptors (Lipinski definition) is 5. The Labute approximate surface area is 86.4 Å². The van der Waals surface area contributed by atoms with E-state index in [-0.39, 0.29) is 12.4 Å². The molecule has 0 spiro atoms. The standard InChI is InChI=1S/C9H11N3O3/c1-6(13)15-5-8(14)12-7-3-2-4-11-9(7)10/h2-4H,5H2,1H3,(H2,10,11)(H,12,14). The molecule has 0 saturated heterocycles. The molecule has 80 valence electrons. The lowest BCUT2D eigenvalue weighted by molar-refractivity contribution is -0.144. The SMILES string of the molecule is CC(=O)OCC(=O)Nc1cccnc1N. The van der Waals surface area contributed by atoms with Crippen LogP contribution in [-0.2, 0) is 14.3 Å². The van der Waals surface area contributed by atoms with Crippen molar-refractivity contribution in [1.82, 2.24) is 4.98 Å². The number of nitrogen functional groups attached to an aromatic ring is 1. The van der Waals surface area contributed by atoms with Gasteiger partial charge in [-0.1, -0.05) is 0 Å². The molecule has 3 N–H and O–H groups in total. The van der Waals surface area contributed by atoms with Crippen LogP contribution in [-0.4, -0.2) is 23.5 Å². The van der Waals surface area contributed by atoms with Gasteiger partial charge in [-0.05, 0) is 12.1 Å². The lowest BCUT2D eigenvalue weighted by Crippen LogP contribution is -2.20. The molecule has 1 amide bonds. The van der Waals surface area contributed by atoms with E-state index in [0.29, 0.717) is 5.69 Å². The molecule has 0 radical (unpaired) electrons. The van der Waals surface area contributed by atoms with E-state index in [4.69, 9.17) is 5.73 Å². The Kier molecular flexibility index (Phi) is 3.61. The minimum absolute atomic E-state index is 0.216. The van der Waals surface area contributed by atoms with E-state index in [2.05, 4.69) is 15.0 Å². The highest BCUT2D eigenvalue weighted by Crippen LogP contribution is 2.12. The number of esters is 1. The van der Waals surface area contributed by atoms with E-state index < -0.39 is 11.9 Å². The Morgan fingerprint density at radius 3 is 2.93 bits per heavy atom. The zero-order valence-corrected chi connectivity index (χ0v) is 8.19. The molecule has 6 nitrogen and oxygen atoms in total. The second kappa shape index (κ2) is 4.94. The minimum atomic E-state index is -0.510. The number of nitrogens with two attached hydrogens (primary N) is 1. The van der Waals surface area contributed by atoms with Crippen LogP contribution in [0, 0.1) is 0 Å². The number of pyridine rings is 1. The number of hydrogen-bond donors (Lipinski definition) is 2. The molecule has 0 fully saturated rings. The Bertz CT molecular complexity index is 379. The Balaban J connectivity index is 2.52. The molecule has 1 heterocycles. The van der Waals surface area contributed by atoms with Gasteiger partial charge in [0.2, 0.25) is 0 Å². The third-order valence-electron chi connectivity index (χ3n) is 1.52. The molecule has 0 aliphatic rings. The summed E-state index contributed by atoms with van der Waals surface area (Å²) < 4.78 is 4.50. The van der Waals surface area contributed by atoms with E-state index >= 15 is 0 Å². The summed E-state index contributed by atoms with van der Waals surface area (Å²) in [6.45, 7) is 0.898. The second-order valence-electron chi connectivity index (χ2n) is 2.76. The van der Waals surface area contributed by atoms with Crippen molar-refractivity contribution in [2.24, 2.45) is 0 Å². The number of anilines is 2. The first kappa shape index (κ1) is 11.0. The molecule has 0 aliphatic carbocycles. The zero-order valence-electron chi connectivity index (χ0n) is 8.19. The lowest BCUT2D eigenvalue weighted by atomic mass is 10.4. The quantitative estimate of drug-likeness (QED) is 0.692. The molecular formula is C9H11N3O3. The molecule has 0 aromatic carbocycles. The Morgan fingerprint density at radius 1 is 1.60 bits per heavy atom. The molecule has 0 bridgehead atoms. The second-order valence-corrected chi connectivity index (χ2v) is 2.76. The summed E-state index contributed by atoms with van der Waals surface area (Å²) in [5, 5.41) is 2.46. The first-order chi connectivity index (χ1) is 7.09. The largest absolute Gasteiger partial charge is 0.456 e. The summed E-state index contributed by atoms with van der Waals surface area (Å²) in [4.78, 5) is 25.4. The fourth-order valence-corrected chi connectivity index (χ4v) is 0.877. The highest BCUT2D eigenvalue weighted by atomic mass is 16.5.